The molecular formula is C49H61N3O13. The molecule has 8 unspecified atom stereocenters. The summed E-state index contributed by atoms with van der Waals surface area (Å²) in [5, 5.41) is 5.87. The lowest BCUT2D eigenvalue weighted by molar-refractivity contribution is -0.365. The highest BCUT2D eigenvalue weighted by Gasteiger charge is 2.60. The van der Waals surface area contributed by atoms with Crippen molar-refractivity contribution < 1.29 is 61.8 Å². The van der Waals surface area contributed by atoms with Crippen LogP contribution in [0, 0.1) is 17.8 Å². The SMILES string of the molecule is CCC1O[C@H](OC2O[C@H]3CC(C)[C@@H](O[C@H]4C[C@H](OC(=O)c5ccccc5)[C@H](NC(=O)OCc5ccccc5)CC4NC(=O)OCc4ccccc4)OC3C3OC(=O)N(C)C23)C(C)C[C@@H]1C. The number of amides is 3. The summed E-state index contributed by atoms with van der Waals surface area (Å²) in [5.74, 6) is -0.372. The van der Waals surface area contributed by atoms with Gasteiger partial charge < -0.3 is 53.3 Å². The molecule has 5 aliphatic rings. The standard InChI is InChI=1S/C49H61N3O13/c1-6-36-28(2)22-29(3)45(60-36)65-46-40-42(64-49(56)52(40)5)41-39(62-46)23-30(4)44(63-41)61-38-25-37(59-43(53)33-20-14-9-15-21-33)34(50-47(54)57-26-31-16-10-7-11-17-31)24-35(38)51-48(55)58-27-32-18-12-8-13-19-32/h7-21,28-30,34-42,44-46H,6,22-27H2,1-5H3,(H,50,54)(H,51,55)/t28-,29?,30?,34+,35?,36?,37-,38-,39-,40?,41?,42?,44-,45+,46?/m0/s1. The zero-order valence-corrected chi connectivity index (χ0v) is 37.5. The van der Waals surface area contributed by atoms with Gasteiger partial charge in [0.15, 0.2) is 25.0 Å². The molecule has 65 heavy (non-hydrogen) atoms. The van der Waals surface area contributed by atoms with Crippen LogP contribution in [-0.2, 0) is 55.8 Å². The predicted molar refractivity (Wildman–Crippen MR) is 233 cm³/mol. The molecule has 16 nitrogen and oxygen atoms in total. The molecule has 0 radical (unpaired) electrons. The third-order valence-electron chi connectivity index (χ3n) is 13.2. The summed E-state index contributed by atoms with van der Waals surface area (Å²) in [4.78, 5) is 55.2. The van der Waals surface area contributed by atoms with E-state index >= 15 is 0 Å². The smallest absolute Gasteiger partial charge is 0.410 e. The van der Waals surface area contributed by atoms with E-state index in [9.17, 15) is 19.2 Å². The van der Waals surface area contributed by atoms with Crippen molar-refractivity contribution in [1.82, 2.24) is 15.5 Å². The predicted octanol–water partition coefficient (Wildman–Crippen LogP) is 7.09. The Bertz CT molecular complexity index is 2070. The minimum absolute atomic E-state index is 0.0157. The fraction of sp³-hybridized carbons (Fsp3) is 0.551. The monoisotopic (exact) mass is 899 g/mol. The van der Waals surface area contributed by atoms with Crippen molar-refractivity contribution in [3.63, 3.8) is 0 Å². The number of rotatable bonds is 13. The Morgan fingerprint density at radius 3 is 1.83 bits per heavy atom. The van der Waals surface area contributed by atoms with Crippen LogP contribution in [-0.4, -0.2) is 110 Å². The summed E-state index contributed by atoms with van der Waals surface area (Å²) in [6.45, 7) is 8.40. The molecule has 16 heteroatoms. The number of likely N-dealkylation sites (N-methyl/N-ethyl adjacent to an activating group) is 1. The van der Waals surface area contributed by atoms with Crippen molar-refractivity contribution in [2.45, 2.75) is 147 Å². The molecule has 2 N–H and O–H groups in total. The van der Waals surface area contributed by atoms with Gasteiger partial charge in [-0.15, -0.1) is 0 Å². The van der Waals surface area contributed by atoms with E-state index in [4.69, 9.17) is 42.6 Å². The Morgan fingerprint density at radius 1 is 0.646 bits per heavy atom. The molecule has 8 rings (SSSR count). The van der Waals surface area contributed by atoms with Gasteiger partial charge in [0.25, 0.3) is 0 Å². The van der Waals surface area contributed by atoms with E-state index in [0.717, 1.165) is 24.0 Å². The first kappa shape index (κ1) is 46.3. The van der Waals surface area contributed by atoms with Gasteiger partial charge in [-0.05, 0) is 54.9 Å². The normalized spacial score (nSPS) is 34.3. The number of carbonyl (C=O) groups is 4. The van der Waals surface area contributed by atoms with Crippen LogP contribution >= 0.6 is 0 Å². The molecule has 3 amide bonds. The summed E-state index contributed by atoms with van der Waals surface area (Å²) >= 11 is 0. The van der Waals surface area contributed by atoms with Crippen LogP contribution in [0.5, 0.6) is 0 Å². The lowest BCUT2D eigenvalue weighted by Crippen LogP contribution is -2.65. The number of esters is 1. The minimum atomic E-state index is -0.925. The molecule has 3 aromatic carbocycles. The molecule has 0 bridgehead atoms. The van der Waals surface area contributed by atoms with E-state index in [0.29, 0.717) is 17.9 Å². The molecule has 1 saturated carbocycles. The second-order valence-corrected chi connectivity index (χ2v) is 18.0. The lowest BCUT2D eigenvalue weighted by Gasteiger charge is -2.50. The van der Waals surface area contributed by atoms with E-state index in [1.807, 2.05) is 67.6 Å². The van der Waals surface area contributed by atoms with E-state index < -0.39 is 91.8 Å². The number of fused-ring (bicyclic) bond motifs is 3. The number of nitrogens with zero attached hydrogens (tertiary/aromatic N) is 1. The molecule has 4 aliphatic heterocycles. The molecule has 0 aromatic heterocycles. The van der Waals surface area contributed by atoms with Crippen molar-refractivity contribution in [2.24, 2.45) is 17.8 Å². The number of nitrogens with one attached hydrogen (secondary N) is 2. The summed E-state index contributed by atoms with van der Waals surface area (Å²) in [6.07, 6.45) is -5.53. The van der Waals surface area contributed by atoms with Gasteiger partial charge in [0.2, 0.25) is 0 Å². The zero-order valence-electron chi connectivity index (χ0n) is 37.5. The van der Waals surface area contributed by atoms with E-state index in [-0.39, 0.29) is 44.0 Å². The van der Waals surface area contributed by atoms with Gasteiger partial charge in [0, 0.05) is 25.3 Å². The largest absolute Gasteiger partial charge is 0.456 e. The first-order chi connectivity index (χ1) is 31.4. The van der Waals surface area contributed by atoms with Crippen LogP contribution in [0.4, 0.5) is 14.4 Å². The Labute approximate surface area is 379 Å². The van der Waals surface area contributed by atoms with Crippen molar-refractivity contribution in [3.8, 4) is 0 Å². The molecule has 5 fully saturated rings. The molecule has 4 saturated heterocycles. The average molecular weight is 900 g/mol. The van der Waals surface area contributed by atoms with Crippen molar-refractivity contribution in [2.75, 3.05) is 7.05 Å². The summed E-state index contributed by atoms with van der Waals surface area (Å²) < 4.78 is 56.7. The summed E-state index contributed by atoms with van der Waals surface area (Å²) in [7, 11) is 1.66. The molecule has 350 valence electrons. The van der Waals surface area contributed by atoms with Gasteiger partial charge in [-0.1, -0.05) is 107 Å². The molecular weight excluding hydrogens is 839 g/mol. The van der Waals surface area contributed by atoms with Crippen LogP contribution in [0.3, 0.4) is 0 Å². The van der Waals surface area contributed by atoms with Crippen molar-refractivity contribution in [1.29, 1.82) is 0 Å². The van der Waals surface area contributed by atoms with Crippen LogP contribution in [0.2, 0.25) is 0 Å². The minimum Gasteiger partial charge on any atom is -0.456 e. The number of hydrogen-bond donors (Lipinski definition) is 2. The van der Waals surface area contributed by atoms with Crippen LogP contribution in [0.25, 0.3) is 0 Å². The summed E-state index contributed by atoms with van der Waals surface area (Å²) in [5.41, 5.74) is 1.91. The van der Waals surface area contributed by atoms with E-state index in [1.165, 1.54) is 4.90 Å². The number of hydrogen-bond acceptors (Lipinski definition) is 13. The maximum Gasteiger partial charge on any atom is 0.410 e. The highest BCUT2D eigenvalue weighted by Crippen LogP contribution is 2.43. The van der Waals surface area contributed by atoms with Crippen LogP contribution < -0.4 is 10.6 Å². The van der Waals surface area contributed by atoms with Gasteiger partial charge in [-0.25, -0.2) is 19.2 Å². The number of benzene rings is 3. The quantitative estimate of drug-likeness (QED) is 0.131. The second kappa shape index (κ2) is 20.9. The summed E-state index contributed by atoms with van der Waals surface area (Å²) in [6, 6.07) is 24.8. The lowest BCUT2D eigenvalue weighted by atomic mass is 9.85. The molecule has 1 aliphatic carbocycles. The first-order valence-electron chi connectivity index (χ1n) is 22.8. The van der Waals surface area contributed by atoms with E-state index in [2.05, 4.69) is 31.4 Å². The van der Waals surface area contributed by atoms with Crippen LogP contribution in [0.15, 0.2) is 91.0 Å². The number of carbonyl (C=O) groups excluding carboxylic acids is 4. The molecule has 0 spiro atoms. The Morgan fingerprint density at radius 2 is 1.22 bits per heavy atom. The third kappa shape index (κ3) is 11.1. The molecule has 3 aromatic rings. The first-order valence-corrected chi connectivity index (χ1v) is 22.8. The van der Waals surface area contributed by atoms with Gasteiger partial charge in [-0.2, -0.15) is 0 Å². The van der Waals surface area contributed by atoms with Gasteiger partial charge >= 0.3 is 24.2 Å². The Hall–Kier alpha value is -5.26. The van der Waals surface area contributed by atoms with Gasteiger partial charge in [0.1, 0.15) is 31.5 Å². The maximum atomic E-state index is 13.6. The fourth-order valence-corrected chi connectivity index (χ4v) is 9.74. The van der Waals surface area contributed by atoms with E-state index in [1.54, 1.807) is 37.4 Å². The molecule has 4 heterocycles. The number of alkyl carbamates (subject to hydrolysis) is 2. The van der Waals surface area contributed by atoms with Crippen molar-refractivity contribution >= 4 is 24.2 Å². The highest BCUT2D eigenvalue weighted by molar-refractivity contribution is 5.89. The Kier molecular flexibility index (Phi) is 14.9. The highest BCUT2D eigenvalue weighted by atomic mass is 16.8. The second-order valence-electron chi connectivity index (χ2n) is 18.0. The molecule has 15 atom stereocenters. The number of ether oxygens (including phenoxy) is 9. The average Bonchev–Trinajstić information content (AvgIpc) is 3.61. The fourth-order valence-electron chi connectivity index (χ4n) is 9.74. The van der Waals surface area contributed by atoms with Gasteiger partial charge in [-0.3, -0.25) is 4.90 Å². The zero-order chi connectivity index (χ0) is 45.6. The Balaban J connectivity index is 1.01. The van der Waals surface area contributed by atoms with Gasteiger partial charge in [0.05, 0.1) is 36.0 Å². The van der Waals surface area contributed by atoms with Crippen molar-refractivity contribution in [3.05, 3.63) is 108 Å². The third-order valence-corrected chi connectivity index (χ3v) is 13.2. The van der Waals surface area contributed by atoms with Crippen LogP contribution in [0.1, 0.15) is 81.3 Å². The topological polar surface area (TPSA) is 179 Å². The maximum absolute atomic E-state index is 13.6.